The molecule has 2 aromatic rings. The molecule has 0 spiro atoms. The normalized spacial score (nSPS) is 16.4. The summed E-state index contributed by atoms with van der Waals surface area (Å²) in [6.45, 7) is 0. The number of rotatable bonds is 5. The summed E-state index contributed by atoms with van der Waals surface area (Å²) in [5, 5.41) is 3.83. The number of nitrogens with one attached hydrogen (secondary N) is 1. The van der Waals surface area contributed by atoms with Gasteiger partial charge in [0, 0.05) is 11.6 Å². The minimum atomic E-state index is -0.279. The molecule has 1 fully saturated rings. The van der Waals surface area contributed by atoms with Crippen LogP contribution >= 0.6 is 35.0 Å². The Morgan fingerprint density at radius 1 is 1.04 bits per heavy atom. The standard InChI is InChI=1S/C19H16Cl2N2O4S/c1-25-13-9-15(27-3)14(26-2)7-10(13)8-16-18(24)23-19(28-16)22-12-6-4-5-11(20)17(12)21/h4-9H,1-3H3,(H,22,23,24)/b16-8+. The summed E-state index contributed by atoms with van der Waals surface area (Å²) in [5.74, 6) is 1.32. The molecule has 0 atom stereocenters. The van der Waals surface area contributed by atoms with Gasteiger partial charge in [0.2, 0.25) is 0 Å². The van der Waals surface area contributed by atoms with E-state index in [1.165, 1.54) is 18.9 Å². The van der Waals surface area contributed by atoms with Crippen molar-refractivity contribution < 1.29 is 19.0 Å². The molecule has 0 radical (unpaired) electrons. The molecule has 2 aromatic carbocycles. The first-order chi connectivity index (χ1) is 13.5. The molecule has 0 saturated carbocycles. The quantitative estimate of drug-likeness (QED) is 0.671. The van der Waals surface area contributed by atoms with Crippen LogP contribution in [0.2, 0.25) is 10.0 Å². The number of amides is 1. The molecule has 1 N–H and O–H groups in total. The number of aliphatic imine (C=N–C) groups is 1. The van der Waals surface area contributed by atoms with Crippen LogP contribution in [0, 0.1) is 0 Å². The van der Waals surface area contributed by atoms with Gasteiger partial charge in [0.25, 0.3) is 5.91 Å². The second-order valence-corrected chi connectivity index (χ2v) is 7.32. The monoisotopic (exact) mass is 438 g/mol. The van der Waals surface area contributed by atoms with Crippen molar-refractivity contribution in [1.82, 2.24) is 5.32 Å². The molecule has 1 aliphatic rings. The van der Waals surface area contributed by atoms with Crippen molar-refractivity contribution in [2.24, 2.45) is 4.99 Å². The third-order valence-electron chi connectivity index (χ3n) is 3.83. The van der Waals surface area contributed by atoms with Crippen LogP contribution in [-0.2, 0) is 4.79 Å². The Balaban J connectivity index is 1.95. The lowest BCUT2D eigenvalue weighted by atomic mass is 10.1. The van der Waals surface area contributed by atoms with Crippen molar-refractivity contribution in [2.75, 3.05) is 21.3 Å². The van der Waals surface area contributed by atoms with Gasteiger partial charge in [0.05, 0.1) is 42.0 Å². The zero-order valence-electron chi connectivity index (χ0n) is 15.2. The number of methoxy groups -OCH3 is 3. The molecule has 0 aromatic heterocycles. The van der Waals surface area contributed by atoms with E-state index in [1.807, 2.05) is 0 Å². The third-order valence-corrected chi connectivity index (χ3v) is 5.55. The fraction of sp³-hybridized carbons (Fsp3) is 0.158. The third kappa shape index (κ3) is 4.22. The average Bonchev–Trinajstić information content (AvgIpc) is 3.03. The Morgan fingerprint density at radius 3 is 2.39 bits per heavy atom. The van der Waals surface area contributed by atoms with E-state index in [0.29, 0.717) is 48.6 Å². The lowest BCUT2D eigenvalue weighted by Crippen LogP contribution is -2.19. The predicted molar refractivity (Wildman–Crippen MR) is 113 cm³/mol. The second kappa shape index (κ2) is 8.77. The number of nitrogens with zero attached hydrogens (tertiary/aromatic N) is 1. The second-order valence-electron chi connectivity index (χ2n) is 5.50. The highest BCUT2D eigenvalue weighted by molar-refractivity contribution is 8.18. The van der Waals surface area contributed by atoms with Crippen LogP contribution in [-0.4, -0.2) is 32.4 Å². The van der Waals surface area contributed by atoms with Gasteiger partial charge in [0.1, 0.15) is 5.75 Å². The minimum Gasteiger partial charge on any atom is -0.496 e. The van der Waals surface area contributed by atoms with Gasteiger partial charge in [-0.2, -0.15) is 0 Å². The summed E-state index contributed by atoms with van der Waals surface area (Å²) in [6.07, 6.45) is 1.70. The lowest BCUT2D eigenvalue weighted by molar-refractivity contribution is -0.115. The van der Waals surface area contributed by atoms with Crippen LogP contribution in [0.25, 0.3) is 6.08 Å². The Kier molecular flexibility index (Phi) is 6.39. The molecule has 28 heavy (non-hydrogen) atoms. The molecule has 9 heteroatoms. The number of amidine groups is 1. The summed E-state index contributed by atoms with van der Waals surface area (Å²) in [6, 6.07) is 8.56. The first-order valence-electron chi connectivity index (χ1n) is 8.00. The molecular weight excluding hydrogens is 423 g/mol. The molecular formula is C19H16Cl2N2O4S. The minimum absolute atomic E-state index is 0.279. The number of carbonyl (C=O) groups excluding carboxylic acids is 1. The first kappa shape index (κ1) is 20.4. The molecule has 1 aliphatic heterocycles. The Hall–Kier alpha value is -2.35. The number of hydrogen-bond acceptors (Lipinski definition) is 6. The number of halogens is 2. The Bertz CT molecular complexity index is 992. The van der Waals surface area contributed by atoms with E-state index < -0.39 is 0 Å². The van der Waals surface area contributed by atoms with Crippen molar-refractivity contribution in [3.8, 4) is 17.2 Å². The smallest absolute Gasteiger partial charge is 0.264 e. The van der Waals surface area contributed by atoms with E-state index in [4.69, 9.17) is 37.4 Å². The molecule has 0 bridgehead atoms. The summed E-state index contributed by atoms with van der Waals surface area (Å²) >= 11 is 13.4. The Labute approximate surface area is 176 Å². The fourth-order valence-electron chi connectivity index (χ4n) is 2.48. The van der Waals surface area contributed by atoms with E-state index in [-0.39, 0.29) is 5.91 Å². The number of ether oxygens (including phenoxy) is 3. The van der Waals surface area contributed by atoms with Gasteiger partial charge in [-0.25, -0.2) is 4.99 Å². The van der Waals surface area contributed by atoms with Gasteiger partial charge in [-0.05, 0) is 36.0 Å². The number of thioether (sulfide) groups is 1. The fourth-order valence-corrected chi connectivity index (χ4v) is 3.64. The molecule has 0 unspecified atom stereocenters. The highest BCUT2D eigenvalue weighted by Crippen LogP contribution is 2.38. The van der Waals surface area contributed by atoms with Crippen LogP contribution in [0.5, 0.6) is 17.2 Å². The maximum atomic E-state index is 12.4. The zero-order valence-corrected chi connectivity index (χ0v) is 17.5. The number of carbonyl (C=O) groups is 1. The Morgan fingerprint density at radius 2 is 1.71 bits per heavy atom. The molecule has 146 valence electrons. The van der Waals surface area contributed by atoms with Gasteiger partial charge < -0.3 is 19.5 Å². The van der Waals surface area contributed by atoms with Crippen LogP contribution < -0.4 is 19.5 Å². The van der Waals surface area contributed by atoms with Crippen LogP contribution in [0.1, 0.15) is 5.56 Å². The molecule has 1 amide bonds. The van der Waals surface area contributed by atoms with Gasteiger partial charge in [0.15, 0.2) is 16.7 Å². The zero-order chi connectivity index (χ0) is 20.3. The summed E-state index contributed by atoms with van der Waals surface area (Å²) in [5.41, 5.74) is 1.14. The highest BCUT2D eigenvalue weighted by Gasteiger charge is 2.25. The molecule has 1 heterocycles. The summed E-state index contributed by atoms with van der Waals surface area (Å²) in [4.78, 5) is 17.2. The molecule has 6 nitrogen and oxygen atoms in total. The van der Waals surface area contributed by atoms with Gasteiger partial charge in [-0.3, -0.25) is 4.79 Å². The van der Waals surface area contributed by atoms with Crippen LogP contribution in [0.15, 0.2) is 40.2 Å². The highest BCUT2D eigenvalue weighted by atomic mass is 35.5. The predicted octanol–water partition coefficient (Wildman–Crippen LogP) is 4.91. The lowest BCUT2D eigenvalue weighted by Gasteiger charge is -2.12. The number of hydrogen-bond donors (Lipinski definition) is 1. The van der Waals surface area contributed by atoms with Crippen molar-refractivity contribution in [3.05, 3.63) is 50.8 Å². The maximum Gasteiger partial charge on any atom is 0.264 e. The van der Waals surface area contributed by atoms with E-state index in [1.54, 1.807) is 50.6 Å². The van der Waals surface area contributed by atoms with E-state index in [0.717, 1.165) is 0 Å². The SMILES string of the molecule is COc1cc(OC)c(OC)cc1/C=C1/SC(=Nc2cccc(Cl)c2Cl)NC1=O. The topological polar surface area (TPSA) is 69.2 Å². The molecule has 3 rings (SSSR count). The van der Waals surface area contributed by atoms with Gasteiger partial charge in [-0.15, -0.1) is 0 Å². The van der Waals surface area contributed by atoms with Gasteiger partial charge >= 0.3 is 0 Å². The summed E-state index contributed by atoms with van der Waals surface area (Å²) in [7, 11) is 4.62. The summed E-state index contributed by atoms with van der Waals surface area (Å²) < 4.78 is 16.0. The van der Waals surface area contributed by atoms with Crippen molar-refractivity contribution in [2.45, 2.75) is 0 Å². The number of benzene rings is 2. The van der Waals surface area contributed by atoms with E-state index in [9.17, 15) is 4.79 Å². The van der Waals surface area contributed by atoms with Gasteiger partial charge in [-0.1, -0.05) is 29.3 Å². The maximum absolute atomic E-state index is 12.4. The van der Waals surface area contributed by atoms with Crippen molar-refractivity contribution in [1.29, 1.82) is 0 Å². The largest absolute Gasteiger partial charge is 0.496 e. The average molecular weight is 439 g/mol. The van der Waals surface area contributed by atoms with Crippen molar-refractivity contribution >= 4 is 57.8 Å². The van der Waals surface area contributed by atoms with Crippen molar-refractivity contribution in [3.63, 3.8) is 0 Å². The van der Waals surface area contributed by atoms with Crippen LogP contribution in [0.3, 0.4) is 0 Å². The van der Waals surface area contributed by atoms with E-state index >= 15 is 0 Å². The molecule has 1 saturated heterocycles. The molecule has 0 aliphatic carbocycles. The van der Waals surface area contributed by atoms with E-state index in [2.05, 4.69) is 10.3 Å². The first-order valence-corrected chi connectivity index (χ1v) is 9.57. The van der Waals surface area contributed by atoms with Crippen LogP contribution in [0.4, 0.5) is 5.69 Å².